The molecular weight excluding hydrogens is 291 g/mol. The second-order valence-corrected chi connectivity index (χ2v) is 4.44. The van der Waals surface area contributed by atoms with Gasteiger partial charge < -0.3 is 10.1 Å². The Labute approximate surface area is 125 Å². The largest absolute Gasteiger partial charge is 0.457 e. The second-order valence-electron chi connectivity index (χ2n) is 4.44. The maximum Gasteiger partial charge on any atom is 0.340 e. The zero-order valence-electron chi connectivity index (χ0n) is 11.7. The monoisotopic (exact) mass is 304 g/mol. The van der Waals surface area contributed by atoms with Crippen LogP contribution < -0.4 is 5.32 Å². The molecule has 0 amide bonds. The third-order valence-corrected chi connectivity index (χ3v) is 2.96. The Morgan fingerprint density at radius 1 is 1.32 bits per heavy atom. The fourth-order valence-electron chi connectivity index (χ4n) is 1.89. The minimum absolute atomic E-state index is 0.0492. The molecule has 0 atom stereocenters. The number of esters is 1. The zero-order chi connectivity index (χ0) is 16.1. The van der Waals surface area contributed by atoms with E-state index in [1.165, 1.54) is 30.3 Å². The number of anilines is 1. The van der Waals surface area contributed by atoms with E-state index in [9.17, 15) is 19.3 Å². The van der Waals surface area contributed by atoms with Crippen molar-refractivity contribution in [2.75, 3.05) is 12.4 Å². The number of halogens is 1. The number of carbonyl (C=O) groups is 1. The highest BCUT2D eigenvalue weighted by Crippen LogP contribution is 2.23. The Hall–Kier alpha value is -2.96. The zero-order valence-corrected chi connectivity index (χ0v) is 11.7. The van der Waals surface area contributed by atoms with Gasteiger partial charge in [-0.3, -0.25) is 10.1 Å². The molecule has 0 spiro atoms. The number of hydrogen-bond acceptors (Lipinski definition) is 5. The predicted octanol–water partition coefficient (Wildman–Crippen LogP) is 3.13. The quantitative estimate of drug-likeness (QED) is 0.521. The van der Waals surface area contributed by atoms with E-state index in [0.717, 1.165) is 6.07 Å². The molecule has 0 aromatic heterocycles. The first-order chi connectivity index (χ1) is 10.5. The Kier molecular flexibility index (Phi) is 4.67. The molecule has 0 fully saturated rings. The average Bonchev–Trinajstić information content (AvgIpc) is 2.52. The number of nitrogens with zero attached hydrogens (tertiary/aromatic N) is 1. The summed E-state index contributed by atoms with van der Waals surface area (Å²) in [5.74, 6) is -1.16. The van der Waals surface area contributed by atoms with E-state index in [1.54, 1.807) is 13.1 Å². The Morgan fingerprint density at radius 2 is 2.09 bits per heavy atom. The van der Waals surface area contributed by atoms with Gasteiger partial charge in [-0.2, -0.15) is 0 Å². The van der Waals surface area contributed by atoms with Crippen molar-refractivity contribution in [1.82, 2.24) is 0 Å². The molecule has 0 unspecified atom stereocenters. The summed E-state index contributed by atoms with van der Waals surface area (Å²) in [4.78, 5) is 22.3. The molecule has 0 saturated heterocycles. The molecule has 2 aromatic rings. The van der Waals surface area contributed by atoms with Gasteiger partial charge in [0.05, 0.1) is 10.5 Å². The summed E-state index contributed by atoms with van der Waals surface area (Å²) in [5.41, 5.74) is 0.740. The molecule has 0 aliphatic rings. The number of nitrogens with one attached hydrogen (secondary N) is 1. The number of nitro benzene ring substituents is 1. The maximum atomic E-state index is 13.0. The van der Waals surface area contributed by atoms with Crippen LogP contribution in [0.2, 0.25) is 0 Å². The van der Waals surface area contributed by atoms with Gasteiger partial charge in [0.15, 0.2) is 0 Å². The van der Waals surface area contributed by atoms with Crippen molar-refractivity contribution in [3.63, 3.8) is 0 Å². The minimum atomic E-state index is -0.725. The molecule has 0 heterocycles. The molecule has 0 saturated carbocycles. The molecule has 2 aromatic carbocycles. The first kappa shape index (κ1) is 15.4. The van der Waals surface area contributed by atoms with Crippen LogP contribution in [0.1, 0.15) is 15.9 Å². The average molecular weight is 304 g/mol. The van der Waals surface area contributed by atoms with Crippen molar-refractivity contribution < 1.29 is 18.8 Å². The van der Waals surface area contributed by atoms with E-state index in [0.29, 0.717) is 11.3 Å². The standard InChI is InChI=1S/C15H13FN2O4/c1-17-14-6-5-12(18(20)21)8-13(14)15(19)22-9-10-3-2-4-11(16)7-10/h2-8,17H,9H2,1H3. The van der Waals surface area contributed by atoms with E-state index in [-0.39, 0.29) is 17.9 Å². The molecule has 0 aliphatic carbocycles. The van der Waals surface area contributed by atoms with Gasteiger partial charge in [-0.15, -0.1) is 0 Å². The summed E-state index contributed by atoms with van der Waals surface area (Å²) in [7, 11) is 1.59. The topological polar surface area (TPSA) is 81.5 Å². The Balaban J connectivity index is 2.18. The van der Waals surface area contributed by atoms with Crippen molar-refractivity contribution in [2.24, 2.45) is 0 Å². The van der Waals surface area contributed by atoms with Gasteiger partial charge in [0.2, 0.25) is 0 Å². The summed E-state index contributed by atoms with van der Waals surface area (Å²) in [5, 5.41) is 13.6. The van der Waals surface area contributed by atoms with Gasteiger partial charge in [-0.05, 0) is 23.8 Å². The van der Waals surface area contributed by atoms with Crippen LogP contribution in [0, 0.1) is 15.9 Å². The first-order valence-electron chi connectivity index (χ1n) is 6.39. The predicted molar refractivity (Wildman–Crippen MR) is 78.2 cm³/mol. The number of nitro groups is 1. The molecule has 0 radical (unpaired) electrons. The van der Waals surface area contributed by atoms with E-state index >= 15 is 0 Å². The normalized spacial score (nSPS) is 10.1. The van der Waals surface area contributed by atoms with E-state index < -0.39 is 16.7 Å². The molecule has 0 bridgehead atoms. The van der Waals surface area contributed by atoms with Crippen molar-refractivity contribution in [3.8, 4) is 0 Å². The van der Waals surface area contributed by atoms with Crippen LogP contribution >= 0.6 is 0 Å². The van der Waals surface area contributed by atoms with Crippen LogP contribution in [0.25, 0.3) is 0 Å². The van der Waals surface area contributed by atoms with Gasteiger partial charge in [0, 0.05) is 24.9 Å². The summed E-state index contributed by atoms with van der Waals surface area (Å²) in [6.07, 6.45) is 0. The molecule has 2 rings (SSSR count). The Morgan fingerprint density at radius 3 is 2.73 bits per heavy atom. The molecule has 7 heteroatoms. The number of rotatable bonds is 5. The van der Waals surface area contributed by atoms with E-state index in [1.807, 2.05) is 0 Å². The van der Waals surface area contributed by atoms with Crippen molar-refractivity contribution in [3.05, 3.63) is 69.5 Å². The summed E-state index contributed by atoms with van der Waals surface area (Å²) >= 11 is 0. The van der Waals surface area contributed by atoms with Crippen LogP contribution in [0.15, 0.2) is 42.5 Å². The SMILES string of the molecule is CNc1ccc([N+](=O)[O-])cc1C(=O)OCc1cccc(F)c1. The van der Waals surface area contributed by atoms with Gasteiger partial charge >= 0.3 is 5.97 Å². The van der Waals surface area contributed by atoms with Gasteiger partial charge in [0.1, 0.15) is 12.4 Å². The molecule has 0 aliphatic heterocycles. The summed E-state index contributed by atoms with van der Waals surface area (Å²) in [6.45, 7) is -0.123. The number of carbonyl (C=O) groups excluding carboxylic acids is 1. The minimum Gasteiger partial charge on any atom is -0.457 e. The Bertz CT molecular complexity index is 718. The highest BCUT2D eigenvalue weighted by Gasteiger charge is 2.17. The van der Waals surface area contributed by atoms with E-state index in [4.69, 9.17) is 4.74 Å². The summed E-state index contributed by atoms with van der Waals surface area (Å²) < 4.78 is 18.1. The fraction of sp³-hybridized carbons (Fsp3) is 0.133. The number of ether oxygens (including phenoxy) is 1. The molecular formula is C15H13FN2O4. The fourth-order valence-corrected chi connectivity index (χ4v) is 1.89. The summed E-state index contributed by atoms with van der Waals surface area (Å²) in [6, 6.07) is 9.50. The first-order valence-corrected chi connectivity index (χ1v) is 6.39. The van der Waals surface area contributed by atoms with Gasteiger partial charge in [0.25, 0.3) is 5.69 Å². The van der Waals surface area contributed by atoms with E-state index in [2.05, 4.69) is 5.32 Å². The molecule has 6 nitrogen and oxygen atoms in total. The van der Waals surface area contributed by atoms with Crippen molar-refractivity contribution >= 4 is 17.3 Å². The van der Waals surface area contributed by atoms with Gasteiger partial charge in [-0.25, -0.2) is 9.18 Å². The van der Waals surface area contributed by atoms with Gasteiger partial charge in [-0.1, -0.05) is 12.1 Å². The smallest absolute Gasteiger partial charge is 0.340 e. The second kappa shape index (κ2) is 6.66. The van der Waals surface area contributed by atoms with Crippen LogP contribution in [0.3, 0.4) is 0 Å². The van der Waals surface area contributed by atoms with Crippen LogP contribution in [0.5, 0.6) is 0 Å². The highest BCUT2D eigenvalue weighted by atomic mass is 19.1. The van der Waals surface area contributed by atoms with Crippen LogP contribution in [0.4, 0.5) is 15.8 Å². The third-order valence-electron chi connectivity index (χ3n) is 2.96. The highest BCUT2D eigenvalue weighted by molar-refractivity contribution is 5.96. The lowest BCUT2D eigenvalue weighted by Crippen LogP contribution is -2.09. The lowest BCUT2D eigenvalue weighted by molar-refractivity contribution is -0.384. The third kappa shape index (κ3) is 3.57. The molecule has 114 valence electrons. The number of non-ortho nitro benzene ring substituents is 1. The van der Waals surface area contributed by atoms with Crippen molar-refractivity contribution in [2.45, 2.75) is 6.61 Å². The molecule has 1 N–H and O–H groups in total. The van der Waals surface area contributed by atoms with Crippen LogP contribution in [-0.4, -0.2) is 17.9 Å². The molecule has 22 heavy (non-hydrogen) atoms. The lowest BCUT2D eigenvalue weighted by atomic mass is 10.1. The lowest BCUT2D eigenvalue weighted by Gasteiger charge is -2.09. The van der Waals surface area contributed by atoms with Crippen molar-refractivity contribution in [1.29, 1.82) is 0 Å². The number of hydrogen-bond donors (Lipinski definition) is 1. The van der Waals surface area contributed by atoms with Crippen LogP contribution in [-0.2, 0) is 11.3 Å². The maximum absolute atomic E-state index is 13.0. The number of benzene rings is 2.